The molecule has 0 saturated carbocycles. The maximum absolute atomic E-state index is 11.3. The van der Waals surface area contributed by atoms with Crippen LogP contribution in [0.15, 0.2) is 10.6 Å². The highest BCUT2D eigenvalue weighted by atomic mass is 32.2. The van der Waals surface area contributed by atoms with E-state index in [1.54, 1.807) is 0 Å². The van der Waals surface area contributed by atoms with Gasteiger partial charge in [0, 0.05) is 6.92 Å². The second-order valence-corrected chi connectivity index (χ2v) is 4.58. The first-order valence-electron chi connectivity index (χ1n) is 4.96. The van der Waals surface area contributed by atoms with Crippen LogP contribution < -0.4 is 0 Å². The van der Waals surface area contributed by atoms with Crippen molar-refractivity contribution in [3.8, 4) is 0 Å². The molecular formula is C8H8N5O5S-. The van der Waals surface area contributed by atoms with E-state index in [1.807, 2.05) is 0 Å². The van der Waals surface area contributed by atoms with Crippen molar-refractivity contribution in [1.82, 2.24) is 19.7 Å². The normalized spacial score (nSPS) is 14.3. The zero-order chi connectivity index (χ0) is 14.2. The molecule has 2 atom stereocenters. The van der Waals surface area contributed by atoms with Crippen molar-refractivity contribution in [3.05, 3.63) is 33.9 Å². The van der Waals surface area contributed by atoms with Crippen LogP contribution in [0.3, 0.4) is 0 Å². The van der Waals surface area contributed by atoms with Gasteiger partial charge in [-0.1, -0.05) is 0 Å². The highest BCUT2D eigenvalue weighted by Gasteiger charge is 2.31. The van der Waals surface area contributed by atoms with E-state index in [-0.39, 0.29) is 23.4 Å². The quantitative estimate of drug-likeness (QED) is 0.434. The average molecular weight is 286 g/mol. The van der Waals surface area contributed by atoms with E-state index in [0.717, 1.165) is 10.8 Å². The zero-order valence-electron chi connectivity index (χ0n) is 9.84. The lowest BCUT2D eigenvalue weighted by Crippen LogP contribution is -2.14. The third-order valence-corrected chi connectivity index (χ3v) is 3.18. The van der Waals surface area contributed by atoms with Gasteiger partial charge in [0.25, 0.3) is 0 Å². The molecule has 2 aromatic heterocycles. The number of aromatic nitrogens is 4. The SMILES string of the molecule is Cc1nnc(C(c2ncc([N+](=O)[O-])n2C)S(=O)[O-])o1. The molecule has 2 aromatic rings. The second-order valence-electron chi connectivity index (χ2n) is 3.59. The number of rotatable bonds is 4. The minimum atomic E-state index is -2.65. The molecule has 0 aliphatic rings. The molecule has 102 valence electrons. The summed E-state index contributed by atoms with van der Waals surface area (Å²) in [7, 11) is 1.34. The van der Waals surface area contributed by atoms with Gasteiger partial charge >= 0.3 is 5.82 Å². The molecule has 0 aliphatic carbocycles. The van der Waals surface area contributed by atoms with Crippen molar-refractivity contribution in [2.75, 3.05) is 0 Å². The molecule has 0 bridgehead atoms. The topological polar surface area (TPSA) is 140 Å². The molecule has 10 nitrogen and oxygen atoms in total. The standard InChI is InChI=1S/C8H9N5O5S/c1-4-10-11-8(18-4)6(19(16)17)7-9-3-5(12(7)2)13(14)15/h3,6H,1-2H3,(H,16,17)/p-1. The van der Waals surface area contributed by atoms with Gasteiger partial charge < -0.3 is 19.1 Å². The lowest BCUT2D eigenvalue weighted by atomic mass is 10.4. The Hall–Kier alpha value is -2.14. The third kappa shape index (κ3) is 2.37. The van der Waals surface area contributed by atoms with Gasteiger partial charge in [0.05, 0.1) is 7.05 Å². The molecule has 0 N–H and O–H groups in total. The molecule has 2 unspecified atom stereocenters. The van der Waals surface area contributed by atoms with Crippen LogP contribution in [-0.2, 0) is 18.1 Å². The van der Waals surface area contributed by atoms with Gasteiger partial charge in [0.1, 0.15) is 6.20 Å². The maximum atomic E-state index is 11.3. The van der Waals surface area contributed by atoms with E-state index in [1.165, 1.54) is 14.0 Å². The van der Waals surface area contributed by atoms with Crippen LogP contribution in [0.5, 0.6) is 0 Å². The molecule has 0 spiro atoms. The van der Waals surface area contributed by atoms with E-state index < -0.39 is 21.3 Å². The van der Waals surface area contributed by atoms with E-state index in [0.29, 0.717) is 0 Å². The minimum Gasteiger partial charge on any atom is -0.771 e. The summed E-state index contributed by atoms with van der Waals surface area (Å²) >= 11 is -2.65. The first kappa shape index (κ1) is 13.3. The van der Waals surface area contributed by atoms with Gasteiger partial charge in [0.15, 0.2) is 5.25 Å². The van der Waals surface area contributed by atoms with Gasteiger partial charge in [-0.25, -0.2) is 9.55 Å². The van der Waals surface area contributed by atoms with E-state index in [2.05, 4.69) is 15.2 Å². The molecule has 0 aliphatic heterocycles. The summed E-state index contributed by atoms with van der Waals surface area (Å²) in [5, 5.41) is 16.5. The Balaban J connectivity index is 2.52. The summed E-state index contributed by atoms with van der Waals surface area (Å²) in [5.41, 5.74) is 0. The summed E-state index contributed by atoms with van der Waals surface area (Å²) in [6, 6.07) is 0. The highest BCUT2D eigenvalue weighted by Crippen LogP contribution is 2.27. The predicted molar refractivity (Wildman–Crippen MR) is 59.7 cm³/mol. The first-order chi connectivity index (χ1) is 8.91. The number of nitrogens with zero attached hydrogens (tertiary/aromatic N) is 5. The third-order valence-electron chi connectivity index (χ3n) is 2.38. The fourth-order valence-corrected chi connectivity index (χ4v) is 2.18. The zero-order valence-corrected chi connectivity index (χ0v) is 10.7. The molecule has 0 amide bonds. The van der Waals surface area contributed by atoms with Crippen LogP contribution >= 0.6 is 0 Å². The second kappa shape index (κ2) is 4.85. The Morgan fingerprint density at radius 1 is 1.53 bits per heavy atom. The van der Waals surface area contributed by atoms with Crippen molar-refractivity contribution in [1.29, 1.82) is 0 Å². The van der Waals surface area contributed by atoms with Crippen LogP contribution in [0.1, 0.15) is 22.9 Å². The fourth-order valence-electron chi connectivity index (χ4n) is 1.52. The molecule has 0 saturated heterocycles. The number of nitro groups is 1. The summed E-state index contributed by atoms with van der Waals surface area (Å²) in [5.74, 6) is -0.394. The van der Waals surface area contributed by atoms with E-state index in [9.17, 15) is 18.9 Å². The first-order valence-corrected chi connectivity index (χ1v) is 6.09. The summed E-state index contributed by atoms with van der Waals surface area (Å²) in [6.07, 6.45) is 0.971. The monoisotopic (exact) mass is 286 g/mol. The summed E-state index contributed by atoms with van der Waals surface area (Å²) in [6.45, 7) is 1.50. The van der Waals surface area contributed by atoms with Crippen LogP contribution in [0, 0.1) is 17.0 Å². The number of aryl methyl sites for hydroxylation is 1. The Bertz CT molecular complexity index is 650. The molecule has 0 aromatic carbocycles. The molecule has 11 heteroatoms. The average Bonchev–Trinajstić information content (AvgIpc) is 2.87. The molecular weight excluding hydrogens is 278 g/mol. The minimum absolute atomic E-state index is 0.0660. The number of hydrogen-bond donors (Lipinski definition) is 0. The van der Waals surface area contributed by atoms with Crippen molar-refractivity contribution < 1.29 is 18.1 Å². The Morgan fingerprint density at radius 3 is 2.63 bits per heavy atom. The van der Waals surface area contributed by atoms with Gasteiger partial charge in [-0.05, 0) is 16.0 Å². The largest absolute Gasteiger partial charge is 0.771 e. The Kier molecular flexibility index (Phi) is 3.40. The lowest BCUT2D eigenvalue weighted by Gasteiger charge is -2.12. The lowest BCUT2D eigenvalue weighted by molar-refractivity contribution is -0.391. The highest BCUT2D eigenvalue weighted by molar-refractivity contribution is 7.79. The van der Waals surface area contributed by atoms with Gasteiger partial charge in [-0.2, -0.15) is 0 Å². The van der Waals surface area contributed by atoms with Gasteiger partial charge in [0.2, 0.25) is 17.6 Å². The predicted octanol–water partition coefficient (Wildman–Crippen LogP) is -0.0118. The van der Waals surface area contributed by atoms with E-state index in [4.69, 9.17) is 4.42 Å². The Morgan fingerprint density at radius 2 is 2.21 bits per heavy atom. The molecule has 19 heavy (non-hydrogen) atoms. The number of hydrogen-bond acceptors (Lipinski definition) is 8. The fraction of sp³-hybridized carbons (Fsp3) is 0.375. The van der Waals surface area contributed by atoms with Crippen LogP contribution in [0.2, 0.25) is 0 Å². The summed E-state index contributed by atoms with van der Waals surface area (Å²) in [4.78, 5) is 13.8. The smallest absolute Gasteiger partial charge is 0.342 e. The maximum Gasteiger partial charge on any atom is 0.342 e. The van der Waals surface area contributed by atoms with Crippen molar-refractivity contribution in [3.63, 3.8) is 0 Å². The van der Waals surface area contributed by atoms with Crippen LogP contribution in [0.4, 0.5) is 5.82 Å². The molecule has 2 heterocycles. The Labute approximate surface area is 108 Å². The van der Waals surface area contributed by atoms with E-state index >= 15 is 0 Å². The van der Waals surface area contributed by atoms with Crippen LogP contribution in [-0.4, -0.2) is 33.4 Å². The molecule has 0 fully saturated rings. The number of imidazole rings is 1. The van der Waals surface area contributed by atoms with Crippen molar-refractivity contribution >= 4 is 16.9 Å². The van der Waals surface area contributed by atoms with Crippen molar-refractivity contribution in [2.24, 2.45) is 7.05 Å². The van der Waals surface area contributed by atoms with Gasteiger partial charge in [-0.3, -0.25) is 4.21 Å². The van der Waals surface area contributed by atoms with Gasteiger partial charge in [-0.15, -0.1) is 10.2 Å². The summed E-state index contributed by atoms with van der Waals surface area (Å²) < 4.78 is 28.7. The molecule has 2 rings (SSSR count). The van der Waals surface area contributed by atoms with Crippen molar-refractivity contribution in [2.45, 2.75) is 12.2 Å². The van der Waals surface area contributed by atoms with Crippen LogP contribution in [0.25, 0.3) is 0 Å². The molecule has 0 radical (unpaired) electrons.